The Morgan fingerprint density at radius 3 is 2.69 bits per heavy atom. The normalized spacial score (nSPS) is 12.6. The lowest BCUT2D eigenvalue weighted by Gasteiger charge is -2.12. The van der Waals surface area contributed by atoms with Gasteiger partial charge in [0.25, 0.3) is 0 Å². The van der Waals surface area contributed by atoms with Crippen molar-refractivity contribution in [3.8, 4) is 5.75 Å². The van der Waals surface area contributed by atoms with Crippen LogP contribution in [0.4, 0.5) is 0 Å². The third-order valence-electron chi connectivity index (χ3n) is 2.02. The summed E-state index contributed by atoms with van der Waals surface area (Å²) in [5.74, 6) is 0.805. The van der Waals surface area contributed by atoms with Gasteiger partial charge >= 0.3 is 0 Å². The van der Waals surface area contributed by atoms with Crippen molar-refractivity contribution in [2.45, 2.75) is 18.7 Å². The van der Waals surface area contributed by atoms with E-state index in [1.807, 2.05) is 18.2 Å². The van der Waals surface area contributed by atoms with Gasteiger partial charge in [-0.05, 0) is 24.1 Å². The number of hydrogen-bond acceptors (Lipinski definition) is 3. The van der Waals surface area contributed by atoms with Crippen LogP contribution in [0.25, 0.3) is 0 Å². The van der Waals surface area contributed by atoms with Crippen LogP contribution in [0.5, 0.6) is 5.75 Å². The Morgan fingerprint density at radius 2 is 2.23 bits per heavy atom. The summed E-state index contributed by atoms with van der Waals surface area (Å²) in [6, 6.07) is 6.01. The van der Waals surface area contributed by atoms with Crippen molar-refractivity contribution >= 4 is 12.6 Å². The van der Waals surface area contributed by atoms with Gasteiger partial charge in [0.1, 0.15) is 5.75 Å². The van der Waals surface area contributed by atoms with Gasteiger partial charge in [-0.1, -0.05) is 13.0 Å². The molecule has 0 amide bonds. The molecule has 0 saturated carbocycles. The molecule has 1 unspecified atom stereocenters. The van der Waals surface area contributed by atoms with Crippen LogP contribution in [0.15, 0.2) is 18.2 Å². The second-order valence-electron chi connectivity index (χ2n) is 2.87. The zero-order chi connectivity index (χ0) is 9.84. The van der Waals surface area contributed by atoms with Crippen LogP contribution in [0.3, 0.4) is 0 Å². The first-order valence-corrected chi connectivity index (χ1v) is 4.81. The summed E-state index contributed by atoms with van der Waals surface area (Å²) >= 11 is 4.20. The molecule has 1 aromatic carbocycles. The summed E-state index contributed by atoms with van der Waals surface area (Å²) in [5, 5.41) is -0.276. The molecule has 72 valence electrons. The van der Waals surface area contributed by atoms with Gasteiger partial charge in [-0.25, -0.2) is 0 Å². The van der Waals surface area contributed by atoms with Crippen molar-refractivity contribution in [1.29, 1.82) is 0 Å². The third kappa shape index (κ3) is 2.39. The van der Waals surface area contributed by atoms with E-state index in [0.29, 0.717) is 0 Å². The van der Waals surface area contributed by atoms with Crippen molar-refractivity contribution < 1.29 is 4.74 Å². The highest BCUT2D eigenvalue weighted by molar-refractivity contribution is 7.80. The van der Waals surface area contributed by atoms with E-state index in [1.165, 1.54) is 5.56 Å². The lowest BCUT2D eigenvalue weighted by Crippen LogP contribution is -2.05. The highest BCUT2D eigenvalue weighted by atomic mass is 32.1. The van der Waals surface area contributed by atoms with E-state index in [2.05, 4.69) is 19.6 Å². The Morgan fingerprint density at radius 1 is 1.54 bits per heavy atom. The molecule has 0 radical (unpaired) electrons. The van der Waals surface area contributed by atoms with Crippen LogP contribution < -0.4 is 10.5 Å². The van der Waals surface area contributed by atoms with Crippen LogP contribution in [-0.2, 0) is 6.42 Å². The highest BCUT2D eigenvalue weighted by Gasteiger charge is 2.08. The summed E-state index contributed by atoms with van der Waals surface area (Å²) in [7, 11) is 1.64. The van der Waals surface area contributed by atoms with E-state index >= 15 is 0 Å². The molecule has 1 rings (SSSR count). The van der Waals surface area contributed by atoms with Gasteiger partial charge in [-0.2, -0.15) is 12.6 Å². The molecular formula is C10H15NOS. The number of aryl methyl sites for hydroxylation is 1. The number of nitrogens with two attached hydrogens (primary N) is 1. The fourth-order valence-electron chi connectivity index (χ4n) is 1.23. The largest absolute Gasteiger partial charge is 0.496 e. The number of ether oxygens (including phenoxy) is 1. The molecule has 2 nitrogen and oxygen atoms in total. The Labute approximate surface area is 84.5 Å². The van der Waals surface area contributed by atoms with Crippen molar-refractivity contribution in [2.24, 2.45) is 5.73 Å². The predicted molar refractivity (Wildman–Crippen MR) is 58.3 cm³/mol. The Kier molecular flexibility index (Phi) is 3.63. The highest BCUT2D eigenvalue weighted by Crippen LogP contribution is 2.26. The van der Waals surface area contributed by atoms with Gasteiger partial charge in [0, 0.05) is 5.56 Å². The van der Waals surface area contributed by atoms with E-state index in [0.717, 1.165) is 17.7 Å². The molecule has 0 aliphatic heterocycles. The van der Waals surface area contributed by atoms with E-state index in [1.54, 1.807) is 7.11 Å². The lowest BCUT2D eigenvalue weighted by molar-refractivity contribution is 0.409. The molecule has 3 heteroatoms. The topological polar surface area (TPSA) is 35.2 Å². The minimum absolute atomic E-state index is 0.276. The van der Waals surface area contributed by atoms with Gasteiger partial charge in [0.2, 0.25) is 0 Å². The molecule has 13 heavy (non-hydrogen) atoms. The van der Waals surface area contributed by atoms with Crippen molar-refractivity contribution in [3.63, 3.8) is 0 Å². The number of benzene rings is 1. The molecule has 1 atom stereocenters. The van der Waals surface area contributed by atoms with Crippen LogP contribution in [-0.4, -0.2) is 7.11 Å². The maximum atomic E-state index is 5.70. The fraction of sp³-hybridized carbons (Fsp3) is 0.400. The second-order valence-corrected chi connectivity index (χ2v) is 3.43. The Balaban J connectivity index is 3.10. The monoisotopic (exact) mass is 197 g/mol. The summed E-state index contributed by atoms with van der Waals surface area (Å²) in [6.07, 6.45) is 0.998. The molecule has 0 saturated heterocycles. The summed E-state index contributed by atoms with van der Waals surface area (Å²) in [5.41, 5.74) is 7.90. The second kappa shape index (κ2) is 4.53. The number of thiol groups is 1. The zero-order valence-corrected chi connectivity index (χ0v) is 8.84. The molecule has 0 aliphatic carbocycles. The fourth-order valence-corrected chi connectivity index (χ4v) is 1.44. The molecular weight excluding hydrogens is 182 g/mol. The summed E-state index contributed by atoms with van der Waals surface area (Å²) in [6.45, 7) is 2.11. The number of rotatable bonds is 3. The van der Waals surface area contributed by atoms with Crippen molar-refractivity contribution in [2.75, 3.05) is 7.11 Å². The first-order chi connectivity index (χ1) is 6.19. The molecule has 0 bridgehead atoms. The summed E-state index contributed by atoms with van der Waals surface area (Å²) < 4.78 is 5.18. The molecule has 1 aromatic rings. The standard InChI is InChI=1S/C10H15NOS/c1-3-7-4-5-9(12-2)8(6-7)10(11)13/h4-6,10,13H,3,11H2,1-2H3. The van der Waals surface area contributed by atoms with Crippen LogP contribution in [0, 0.1) is 0 Å². The SMILES string of the molecule is CCc1ccc(OC)c(C(N)S)c1. The minimum Gasteiger partial charge on any atom is -0.496 e. The minimum atomic E-state index is -0.276. The van der Waals surface area contributed by atoms with E-state index in [9.17, 15) is 0 Å². The molecule has 0 spiro atoms. The van der Waals surface area contributed by atoms with Crippen LogP contribution in [0.2, 0.25) is 0 Å². The quantitative estimate of drug-likeness (QED) is 0.575. The smallest absolute Gasteiger partial charge is 0.124 e. The average Bonchev–Trinajstić information content (AvgIpc) is 2.16. The Hall–Kier alpha value is -0.670. The van der Waals surface area contributed by atoms with Crippen LogP contribution in [0.1, 0.15) is 23.4 Å². The van der Waals surface area contributed by atoms with Gasteiger partial charge in [-0.15, -0.1) is 0 Å². The van der Waals surface area contributed by atoms with E-state index in [4.69, 9.17) is 10.5 Å². The lowest BCUT2D eigenvalue weighted by atomic mass is 10.1. The Bertz CT molecular complexity index is 286. The maximum Gasteiger partial charge on any atom is 0.124 e. The molecule has 0 aromatic heterocycles. The number of hydrogen-bond donors (Lipinski definition) is 2. The first kappa shape index (κ1) is 10.4. The molecule has 2 N–H and O–H groups in total. The van der Waals surface area contributed by atoms with E-state index < -0.39 is 0 Å². The predicted octanol–water partition coefficient (Wildman–Crippen LogP) is 2.14. The molecule has 0 fully saturated rings. The molecule has 0 aliphatic rings. The van der Waals surface area contributed by atoms with Gasteiger partial charge < -0.3 is 10.5 Å². The molecule has 0 heterocycles. The zero-order valence-electron chi connectivity index (χ0n) is 7.95. The van der Waals surface area contributed by atoms with Gasteiger partial charge in [0.05, 0.1) is 12.5 Å². The maximum absolute atomic E-state index is 5.70. The number of methoxy groups -OCH3 is 1. The summed E-state index contributed by atoms with van der Waals surface area (Å²) in [4.78, 5) is 0. The van der Waals surface area contributed by atoms with E-state index in [-0.39, 0.29) is 5.37 Å². The third-order valence-corrected chi connectivity index (χ3v) is 2.30. The van der Waals surface area contributed by atoms with Gasteiger partial charge in [0.15, 0.2) is 0 Å². The van der Waals surface area contributed by atoms with Gasteiger partial charge in [-0.3, -0.25) is 0 Å². The van der Waals surface area contributed by atoms with Crippen molar-refractivity contribution in [3.05, 3.63) is 29.3 Å². The first-order valence-electron chi connectivity index (χ1n) is 4.29. The van der Waals surface area contributed by atoms with Crippen LogP contribution >= 0.6 is 12.6 Å². The average molecular weight is 197 g/mol. The van der Waals surface area contributed by atoms with Crippen molar-refractivity contribution in [1.82, 2.24) is 0 Å².